The van der Waals surface area contributed by atoms with E-state index in [-0.39, 0.29) is 40.6 Å². The van der Waals surface area contributed by atoms with E-state index in [0.29, 0.717) is 42.7 Å². The molecule has 0 aliphatic rings. The summed E-state index contributed by atoms with van der Waals surface area (Å²) in [6.45, 7) is 0.150. The molecule has 0 atom stereocenters. The van der Waals surface area contributed by atoms with Gasteiger partial charge in [-0.2, -0.15) is 0 Å². The number of aromatic hydroxyl groups is 1. The number of furan rings is 1. The molecule has 0 bridgehead atoms. The van der Waals surface area contributed by atoms with Crippen LogP contribution in [0.5, 0.6) is 5.88 Å². The van der Waals surface area contributed by atoms with E-state index in [0.717, 1.165) is 4.57 Å². The van der Waals surface area contributed by atoms with E-state index in [1.165, 1.54) is 12.1 Å². The third-order valence-electron chi connectivity index (χ3n) is 4.50. The molecule has 0 saturated heterocycles. The lowest BCUT2D eigenvalue weighted by atomic mass is 10.1. The topological polar surface area (TPSA) is 117 Å². The fourth-order valence-electron chi connectivity index (χ4n) is 2.92. The van der Waals surface area contributed by atoms with Gasteiger partial charge in [-0.1, -0.05) is 17.8 Å². The smallest absolute Gasteiger partial charge is 0.310 e. The first-order valence-electron chi connectivity index (χ1n) is 9.17. The SMILES string of the molecule is N=C(c1ccc(-c2cc(F)c(F)cc2F)o1)c1sc(=O)n(CCCCCC(=O)O)c1O. The van der Waals surface area contributed by atoms with Gasteiger partial charge in [0.15, 0.2) is 17.4 Å². The van der Waals surface area contributed by atoms with Crippen molar-refractivity contribution in [3.63, 3.8) is 0 Å². The van der Waals surface area contributed by atoms with Gasteiger partial charge in [0, 0.05) is 19.0 Å². The highest BCUT2D eigenvalue weighted by Crippen LogP contribution is 2.30. The van der Waals surface area contributed by atoms with Crippen molar-refractivity contribution < 1.29 is 32.6 Å². The monoisotopic (exact) mass is 454 g/mol. The summed E-state index contributed by atoms with van der Waals surface area (Å²) < 4.78 is 47.0. The number of unbranched alkanes of at least 4 members (excludes halogenated alkanes) is 2. The second kappa shape index (κ2) is 9.21. The number of nitrogens with zero attached hydrogens (tertiary/aromatic N) is 1. The van der Waals surface area contributed by atoms with Crippen molar-refractivity contribution >= 4 is 23.0 Å². The van der Waals surface area contributed by atoms with Gasteiger partial charge in [-0.15, -0.1) is 0 Å². The van der Waals surface area contributed by atoms with E-state index in [9.17, 15) is 27.9 Å². The molecule has 0 aliphatic carbocycles. The maximum atomic E-state index is 14.0. The van der Waals surface area contributed by atoms with Gasteiger partial charge in [-0.05, 0) is 31.0 Å². The van der Waals surface area contributed by atoms with Crippen molar-refractivity contribution in [2.45, 2.75) is 32.2 Å². The Morgan fingerprint density at radius 1 is 1.10 bits per heavy atom. The molecule has 3 N–H and O–H groups in total. The van der Waals surface area contributed by atoms with E-state index in [4.69, 9.17) is 14.9 Å². The highest BCUT2D eigenvalue weighted by Gasteiger charge is 2.22. The van der Waals surface area contributed by atoms with Crippen molar-refractivity contribution in [3.05, 3.63) is 62.0 Å². The molecule has 11 heteroatoms. The van der Waals surface area contributed by atoms with E-state index < -0.39 is 34.2 Å². The molecule has 1 aromatic carbocycles. The number of benzene rings is 1. The van der Waals surface area contributed by atoms with Crippen LogP contribution in [0.3, 0.4) is 0 Å². The predicted octanol–water partition coefficient (Wildman–Crippen LogP) is 4.35. The molecule has 0 radical (unpaired) electrons. The number of carbonyl (C=O) groups is 1. The molecule has 3 rings (SSSR count). The van der Waals surface area contributed by atoms with Crippen LogP contribution in [0.25, 0.3) is 11.3 Å². The van der Waals surface area contributed by atoms with Crippen LogP contribution in [0.1, 0.15) is 36.3 Å². The Morgan fingerprint density at radius 3 is 2.52 bits per heavy atom. The average molecular weight is 454 g/mol. The van der Waals surface area contributed by atoms with Crippen molar-refractivity contribution in [2.24, 2.45) is 0 Å². The highest BCUT2D eigenvalue weighted by molar-refractivity contribution is 7.12. The Kier molecular flexibility index (Phi) is 6.64. The molecule has 2 aromatic heterocycles. The number of thiazole rings is 1. The van der Waals surface area contributed by atoms with Gasteiger partial charge in [0.25, 0.3) is 0 Å². The second-order valence-electron chi connectivity index (χ2n) is 6.66. The van der Waals surface area contributed by atoms with E-state index in [1.807, 2.05) is 0 Å². The number of nitrogens with one attached hydrogen (secondary N) is 1. The lowest BCUT2D eigenvalue weighted by Crippen LogP contribution is -2.12. The molecule has 0 saturated carbocycles. The maximum absolute atomic E-state index is 14.0. The average Bonchev–Trinajstić information content (AvgIpc) is 3.30. The summed E-state index contributed by atoms with van der Waals surface area (Å²) in [5.41, 5.74) is -0.673. The quantitative estimate of drug-likeness (QED) is 0.252. The molecule has 2 heterocycles. The van der Waals surface area contributed by atoms with E-state index in [1.54, 1.807) is 0 Å². The van der Waals surface area contributed by atoms with Gasteiger partial charge in [0.2, 0.25) is 5.88 Å². The lowest BCUT2D eigenvalue weighted by Gasteiger charge is -2.04. The minimum atomic E-state index is -1.35. The summed E-state index contributed by atoms with van der Waals surface area (Å²) in [6, 6.07) is 3.57. The van der Waals surface area contributed by atoms with Gasteiger partial charge in [0.1, 0.15) is 22.2 Å². The van der Waals surface area contributed by atoms with Crippen LogP contribution in [0, 0.1) is 22.9 Å². The molecule has 31 heavy (non-hydrogen) atoms. The predicted molar refractivity (Wildman–Crippen MR) is 106 cm³/mol. The fraction of sp³-hybridized carbons (Fsp3) is 0.250. The first-order chi connectivity index (χ1) is 14.7. The van der Waals surface area contributed by atoms with Crippen LogP contribution in [-0.2, 0) is 11.3 Å². The van der Waals surface area contributed by atoms with Crippen molar-refractivity contribution in [1.29, 1.82) is 5.41 Å². The summed E-state index contributed by atoms with van der Waals surface area (Å²) in [5, 5.41) is 27.2. The van der Waals surface area contributed by atoms with Gasteiger partial charge < -0.3 is 14.6 Å². The lowest BCUT2D eigenvalue weighted by molar-refractivity contribution is -0.137. The Balaban J connectivity index is 1.78. The standard InChI is InChI=1S/C20H17F3N2O5S/c21-11-9-13(23)12(22)8-10(11)14-5-6-15(30-14)17(24)18-19(28)25(20(29)31-18)7-3-1-2-4-16(26)27/h5-6,8-9,24,28H,1-4,7H2,(H,26,27). The largest absolute Gasteiger partial charge is 0.493 e. The van der Waals surface area contributed by atoms with Crippen molar-refractivity contribution in [1.82, 2.24) is 4.57 Å². The number of carboxylic acids is 1. The number of rotatable bonds is 9. The first kappa shape index (κ1) is 22.3. The summed E-state index contributed by atoms with van der Waals surface area (Å²) in [5.74, 6) is -5.26. The zero-order chi connectivity index (χ0) is 22.7. The minimum Gasteiger partial charge on any atom is -0.493 e. The Hall–Kier alpha value is -3.34. The first-order valence-corrected chi connectivity index (χ1v) is 9.99. The minimum absolute atomic E-state index is 0.0137. The molecule has 0 spiro atoms. The number of aliphatic carboxylic acids is 1. The Morgan fingerprint density at radius 2 is 1.81 bits per heavy atom. The zero-order valence-electron chi connectivity index (χ0n) is 16.0. The number of halogens is 3. The van der Waals surface area contributed by atoms with E-state index >= 15 is 0 Å². The third-order valence-corrected chi connectivity index (χ3v) is 5.48. The molecule has 164 valence electrons. The summed E-state index contributed by atoms with van der Waals surface area (Å²) in [7, 11) is 0. The third kappa shape index (κ3) is 4.88. The van der Waals surface area contributed by atoms with Crippen molar-refractivity contribution in [3.8, 4) is 17.2 Å². The second-order valence-corrected chi connectivity index (χ2v) is 7.62. The van der Waals surface area contributed by atoms with E-state index in [2.05, 4.69) is 0 Å². The van der Waals surface area contributed by atoms with Crippen LogP contribution >= 0.6 is 11.3 Å². The molecule has 0 aliphatic heterocycles. The van der Waals surface area contributed by atoms with Crippen LogP contribution in [0.15, 0.2) is 33.5 Å². The van der Waals surface area contributed by atoms with Crippen molar-refractivity contribution in [2.75, 3.05) is 0 Å². The summed E-state index contributed by atoms with van der Waals surface area (Å²) >= 11 is 0.620. The zero-order valence-corrected chi connectivity index (χ0v) is 16.8. The van der Waals surface area contributed by atoms with Crippen LogP contribution in [-0.4, -0.2) is 26.5 Å². The number of carboxylic acid groups (broad SMARTS) is 1. The molecule has 0 amide bonds. The molecule has 7 nitrogen and oxygen atoms in total. The fourth-order valence-corrected chi connectivity index (χ4v) is 3.79. The van der Waals surface area contributed by atoms with Crippen LogP contribution in [0.2, 0.25) is 0 Å². The molecular formula is C20H17F3N2O5S. The van der Waals surface area contributed by atoms with Crippen LogP contribution < -0.4 is 4.87 Å². The molecular weight excluding hydrogens is 437 g/mol. The van der Waals surface area contributed by atoms with Gasteiger partial charge in [0.05, 0.1) is 5.56 Å². The molecule has 0 unspecified atom stereocenters. The van der Waals surface area contributed by atoms with Gasteiger partial charge >= 0.3 is 10.8 Å². The maximum Gasteiger partial charge on any atom is 0.310 e. The summed E-state index contributed by atoms with van der Waals surface area (Å²) in [4.78, 5) is 22.1. The molecule has 0 fully saturated rings. The van der Waals surface area contributed by atoms with Crippen LogP contribution in [0.4, 0.5) is 13.2 Å². The Bertz CT molecular complexity index is 1200. The number of hydrogen-bond acceptors (Lipinski definition) is 6. The highest BCUT2D eigenvalue weighted by atomic mass is 32.1. The summed E-state index contributed by atoms with van der Waals surface area (Å²) in [6.07, 6.45) is 1.46. The van der Waals surface area contributed by atoms with Gasteiger partial charge in [-0.3, -0.25) is 19.6 Å². The van der Waals surface area contributed by atoms with Gasteiger partial charge in [-0.25, -0.2) is 13.2 Å². The number of aromatic nitrogens is 1. The Labute approximate surface area is 177 Å². The molecule has 3 aromatic rings. The normalized spacial score (nSPS) is 11.1. The number of hydrogen-bond donors (Lipinski definition) is 3.